The van der Waals surface area contributed by atoms with Crippen molar-refractivity contribution in [3.05, 3.63) is 29.8 Å². The van der Waals surface area contributed by atoms with E-state index in [4.69, 9.17) is 0 Å². The predicted molar refractivity (Wildman–Crippen MR) is 66.8 cm³/mol. The molecule has 1 aromatic rings. The van der Waals surface area contributed by atoms with E-state index in [0.29, 0.717) is 6.54 Å². The van der Waals surface area contributed by atoms with E-state index >= 15 is 0 Å². The molecule has 0 saturated heterocycles. The molecule has 0 unspecified atom stereocenters. The van der Waals surface area contributed by atoms with Gasteiger partial charge in [0.25, 0.3) is 5.91 Å². The zero-order valence-electron chi connectivity index (χ0n) is 10.6. The quantitative estimate of drug-likeness (QED) is 0.903. The Morgan fingerprint density at radius 1 is 1.21 bits per heavy atom. The van der Waals surface area contributed by atoms with Crippen LogP contribution in [0.3, 0.4) is 0 Å². The van der Waals surface area contributed by atoms with Gasteiger partial charge in [-0.2, -0.15) is 8.78 Å². The number of carbonyl (C=O) groups is 1. The molecule has 0 spiro atoms. The van der Waals surface area contributed by atoms with E-state index in [1.165, 1.54) is 12.1 Å². The standard InChI is InChI=1S/C12H15F2NO3S/c1-8(2)7-15-11(16)9-3-5-10(6-4-9)19(17,18)12(13)14/h3-6,8,12H,7H2,1-2H3,(H,15,16). The summed E-state index contributed by atoms with van der Waals surface area (Å²) < 4.78 is 47.0. The van der Waals surface area contributed by atoms with Crippen molar-refractivity contribution >= 4 is 15.7 Å². The monoisotopic (exact) mass is 291 g/mol. The van der Waals surface area contributed by atoms with E-state index in [2.05, 4.69) is 5.32 Å². The first-order valence-electron chi connectivity index (χ1n) is 5.65. The van der Waals surface area contributed by atoms with Crippen molar-refractivity contribution in [3.63, 3.8) is 0 Å². The number of nitrogens with one attached hydrogen (secondary N) is 1. The Labute approximate surface area is 110 Å². The van der Waals surface area contributed by atoms with Crippen LogP contribution in [0.15, 0.2) is 29.2 Å². The van der Waals surface area contributed by atoms with Gasteiger partial charge in [-0.3, -0.25) is 4.79 Å². The predicted octanol–water partition coefficient (Wildman–Crippen LogP) is 2.07. The molecule has 0 bridgehead atoms. The lowest BCUT2D eigenvalue weighted by atomic mass is 10.2. The van der Waals surface area contributed by atoms with Crippen LogP contribution in [-0.2, 0) is 9.84 Å². The molecule has 0 aliphatic rings. The number of carbonyl (C=O) groups excluding carboxylic acids is 1. The largest absolute Gasteiger partial charge is 0.352 e. The fraction of sp³-hybridized carbons (Fsp3) is 0.417. The molecular formula is C12H15F2NO3S. The Kier molecular flexibility index (Phi) is 4.99. The molecule has 106 valence electrons. The lowest BCUT2D eigenvalue weighted by molar-refractivity contribution is 0.0949. The lowest BCUT2D eigenvalue weighted by Crippen LogP contribution is -2.27. The highest BCUT2D eigenvalue weighted by Gasteiger charge is 2.26. The molecule has 0 aliphatic heterocycles. The van der Waals surface area contributed by atoms with Crippen molar-refractivity contribution < 1.29 is 22.0 Å². The van der Waals surface area contributed by atoms with Gasteiger partial charge in [-0.15, -0.1) is 0 Å². The van der Waals surface area contributed by atoms with Gasteiger partial charge < -0.3 is 5.32 Å². The fourth-order valence-electron chi connectivity index (χ4n) is 1.30. The zero-order valence-corrected chi connectivity index (χ0v) is 11.4. The molecule has 1 aromatic carbocycles. The van der Waals surface area contributed by atoms with E-state index in [1.54, 1.807) is 0 Å². The average molecular weight is 291 g/mol. The molecule has 4 nitrogen and oxygen atoms in total. The minimum absolute atomic E-state index is 0.230. The number of alkyl halides is 2. The summed E-state index contributed by atoms with van der Waals surface area (Å²) in [6.45, 7) is 4.34. The van der Waals surface area contributed by atoms with Crippen LogP contribution in [0.2, 0.25) is 0 Å². The average Bonchev–Trinajstić information content (AvgIpc) is 2.35. The van der Waals surface area contributed by atoms with Crippen LogP contribution in [0.25, 0.3) is 0 Å². The van der Waals surface area contributed by atoms with Crippen molar-refractivity contribution in [2.45, 2.75) is 24.5 Å². The summed E-state index contributed by atoms with van der Waals surface area (Å²) >= 11 is 0. The number of rotatable bonds is 5. The number of sulfone groups is 1. The minimum Gasteiger partial charge on any atom is -0.352 e. The van der Waals surface area contributed by atoms with Crippen LogP contribution < -0.4 is 5.32 Å². The topological polar surface area (TPSA) is 63.2 Å². The summed E-state index contributed by atoms with van der Waals surface area (Å²) in [5, 5.41) is 2.64. The Morgan fingerprint density at radius 2 is 1.74 bits per heavy atom. The summed E-state index contributed by atoms with van der Waals surface area (Å²) in [4.78, 5) is 11.1. The van der Waals surface area contributed by atoms with Gasteiger partial charge in [0.1, 0.15) is 0 Å². The second-order valence-corrected chi connectivity index (χ2v) is 6.35. The van der Waals surface area contributed by atoms with Crippen LogP contribution in [0.5, 0.6) is 0 Å². The summed E-state index contributed by atoms with van der Waals surface area (Å²) in [7, 11) is -4.61. The van der Waals surface area contributed by atoms with Crippen LogP contribution >= 0.6 is 0 Å². The van der Waals surface area contributed by atoms with Crippen molar-refractivity contribution in [1.82, 2.24) is 5.32 Å². The van der Waals surface area contributed by atoms with Gasteiger partial charge >= 0.3 is 5.76 Å². The maximum Gasteiger partial charge on any atom is 0.341 e. The Bertz CT molecular complexity index is 539. The van der Waals surface area contributed by atoms with Gasteiger partial charge in [0.2, 0.25) is 9.84 Å². The van der Waals surface area contributed by atoms with Gasteiger partial charge in [-0.05, 0) is 30.2 Å². The van der Waals surface area contributed by atoms with Crippen LogP contribution in [0.4, 0.5) is 8.78 Å². The van der Waals surface area contributed by atoms with Gasteiger partial charge in [0.05, 0.1) is 4.90 Å². The first-order valence-corrected chi connectivity index (χ1v) is 7.20. The Morgan fingerprint density at radius 3 is 2.16 bits per heavy atom. The SMILES string of the molecule is CC(C)CNC(=O)c1ccc(S(=O)(=O)C(F)F)cc1. The third-order valence-electron chi connectivity index (χ3n) is 2.35. The van der Waals surface area contributed by atoms with Gasteiger partial charge in [0, 0.05) is 12.1 Å². The summed E-state index contributed by atoms with van der Waals surface area (Å²) in [6, 6.07) is 4.44. The number of halogens is 2. The number of amides is 1. The zero-order chi connectivity index (χ0) is 14.6. The van der Waals surface area contributed by atoms with Gasteiger partial charge in [-0.1, -0.05) is 13.8 Å². The molecule has 19 heavy (non-hydrogen) atoms. The maximum atomic E-state index is 12.3. The third kappa shape index (κ3) is 3.99. The Hall–Kier alpha value is -1.50. The number of benzene rings is 1. The van der Waals surface area contributed by atoms with Crippen molar-refractivity contribution in [3.8, 4) is 0 Å². The van der Waals surface area contributed by atoms with Crippen LogP contribution in [-0.4, -0.2) is 26.6 Å². The number of hydrogen-bond acceptors (Lipinski definition) is 3. The molecule has 0 radical (unpaired) electrons. The first-order chi connectivity index (χ1) is 8.75. The van der Waals surface area contributed by atoms with Gasteiger partial charge in [-0.25, -0.2) is 8.42 Å². The van der Waals surface area contributed by atoms with E-state index in [0.717, 1.165) is 12.1 Å². The molecular weight excluding hydrogens is 276 g/mol. The summed E-state index contributed by atoms with van der Waals surface area (Å²) in [5.41, 5.74) is 0.230. The van der Waals surface area contributed by atoms with E-state index in [-0.39, 0.29) is 17.4 Å². The first kappa shape index (κ1) is 15.6. The molecule has 0 saturated carbocycles. The fourth-order valence-corrected chi connectivity index (χ4v) is 2.02. The summed E-state index contributed by atoms with van der Waals surface area (Å²) in [5.74, 6) is -3.55. The molecule has 0 fully saturated rings. The highest BCUT2D eigenvalue weighted by molar-refractivity contribution is 7.91. The molecule has 1 rings (SSSR count). The summed E-state index contributed by atoms with van der Waals surface area (Å²) in [6.07, 6.45) is 0. The van der Waals surface area contributed by atoms with Crippen LogP contribution in [0, 0.1) is 5.92 Å². The van der Waals surface area contributed by atoms with E-state index in [9.17, 15) is 22.0 Å². The minimum atomic E-state index is -4.61. The molecule has 0 aliphatic carbocycles. The lowest BCUT2D eigenvalue weighted by Gasteiger charge is -2.08. The third-order valence-corrected chi connectivity index (χ3v) is 3.75. The second-order valence-electron chi connectivity index (χ2n) is 4.43. The highest BCUT2D eigenvalue weighted by Crippen LogP contribution is 2.18. The second kappa shape index (κ2) is 6.10. The normalized spacial score (nSPS) is 11.9. The molecule has 0 aromatic heterocycles. The van der Waals surface area contributed by atoms with E-state index < -0.39 is 20.5 Å². The van der Waals surface area contributed by atoms with Gasteiger partial charge in [0.15, 0.2) is 0 Å². The smallest absolute Gasteiger partial charge is 0.341 e. The number of hydrogen-bond donors (Lipinski definition) is 1. The Balaban J connectivity index is 2.85. The molecule has 1 N–H and O–H groups in total. The van der Waals surface area contributed by atoms with Crippen molar-refractivity contribution in [2.24, 2.45) is 5.92 Å². The maximum absolute atomic E-state index is 12.3. The molecule has 0 heterocycles. The van der Waals surface area contributed by atoms with E-state index in [1.807, 2.05) is 13.8 Å². The highest BCUT2D eigenvalue weighted by atomic mass is 32.2. The van der Waals surface area contributed by atoms with Crippen LogP contribution in [0.1, 0.15) is 24.2 Å². The molecule has 0 atom stereocenters. The molecule has 7 heteroatoms. The van der Waals surface area contributed by atoms with Crippen molar-refractivity contribution in [1.29, 1.82) is 0 Å². The van der Waals surface area contributed by atoms with Crippen molar-refractivity contribution in [2.75, 3.05) is 6.54 Å². The molecule has 1 amide bonds.